The number of ether oxygens (including phenoxy) is 1. The van der Waals surface area contributed by atoms with Crippen molar-refractivity contribution in [3.63, 3.8) is 0 Å². The molecule has 0 radical (unpaired) electrons. The van der Waals surface area contributed by atoms with Crippen molar-refractivity contribution in [2.45, 2.75) is 25.0 Å². The number of methoxy groups -OCH3 is 1. The molecule has 2 aromatic carbocycles. The van der Waals surface area contributed by atoms with Crippen molar-refractivity contribution in [1.82, 2.24) is 9.88 Å². The minimum Gasteiger partial charge on any atom is -0.466 e. The molecule has 1 N–H and O–H groups in total. The molecule has 0 aliphatic heterocycles. The van der Waals surface area contributed by atoms with E-state index in [4.69, 9.17) is 16.6 Å². The Hall–Kier alpha value is -2.74. The summed E-state index contributed by atoms with van der Waals surface area (Å²) in [4.78, 5) is 31.2. The van der Waals surface area contributed by atoms with Gasteiger partial charge in [0, 0.05) is 23.7 Å². The molecule has 0 bridgehead atoms. The largest absolute Gasteiger partial charge is 0.466 e. The first-order valence-corrected chi connectivity index (χ1v) is 11.5. The third-order valence-corrected chi connectivity index (χ3v) is 6.73. The number of nitrogens with zero attached hydrogens (tertiary/aromatic N) is 2. The highest BCUT2D eigenvalue weighted by Crippen LogP contribution is 2.41. The van der Waals surface area contributed by atoms with Gasteiger partial charge in [-0.05, 0) is 48.6 Å². The molecule has 0 saturated heterocycles. The van der Waals surface area contributed by atoms with Gasteiger partial charge in [0.2, 0.25) is 5.91 Å². The Morgan fingerprint density at radius 1 is 1.25 bits per heavy atom. The molecule has 1 fully saturated rings. The maximum Gasteiger partial charge on any atom is 0.330 e. The lowest BCUT2D eigenvalue weighted by atomic mass is 10.0. The number of aliphatic hydroxyl groups is 1. The van der Waals surface area contributed by atoms with Crippen LogP contribution in [-0.2, 0) is 14.3 Å². The summed E-state index contributed by atoms with van der Waals surface area (Å²) in [5, 5.41) is 12.6. The highest BCUT2D eigenvalue weighted by molar-refractivity contribution is 7.18. The molecule has 0 unspecified atom stereocenters. The smallest absolute Gasteiger partial charge is 0.330 e. The van der Waals surface area contributed by atoms with E-state index in [0.29, 0.717) is 28.1 Å². The van der Waals surface area contributed by atoms with Crippen molar-refractivity contribution < 1.29 is 19.4 Å². The number of aliphatic hydroxyl groups excluding tert-OH is 1. The zero-order valence-corrected chi connectivity index (χ0v) is 19.1. The SMILES string of the molecule is COC(=O)C=CC(=O)N(CC1CC1)[C@@H](c1nc2ccccc2s1)[C@@H](O)c1cccc(Cl)c1. The second-order valence-corrected chi connectivity index (χ2v) is 9.25. The topological polar surface area (TPSA) is 79.7 Å². The number of carbonyl (C=O) groups is 2. The Labute approximate surface area is 195 Å². The maximum absolute atomic E-state index is 13.2. The number of halogens is 1. The summed E-state index contributed by atoms with van der Waals surface area (Å²) in [6.07, 6.45) is 3.28. The average molecular weight is 471 g/mol. The first-order valence-electron chi connectivity index (χ1n) is 10.3. The summed E-state index contributed by atoms with van der Waals surface area (Å²) >= 11 is 7.61. The Balaban J connectivity index is 1.78. The zero-order valence-electron chi connectivity index (χ0n) is 17.5. The molecule has 1 aliphatic rings. The quantitative estimate of drug-likeness (QED) is 0.381. The van der Waals surface area contributed by atoms with Crippen LogP contribution in [0.4, 0.5) is 0 Å². The van der Waals surface area contributed by atoms with Crippen LogP contribution in [0.2, 0.25) is 5.02 Å². The first-order chi connectivity index (χ1) is 15.5. The monoisotopic (exact) mass is 470 g/mol. The molecular formula is C24H23ClN2O4S. The van der Waals surface area contributed by atoms with Crippen LogP contribution in [0.25, 0.3) is 10.2 Å². The lowest BCUT2D eigenvalue weighted by molar-refractivity contribution is -0.136. The molecule has 32 heavy (non-hydrogen) atoms. The summed E-state index contributed by atoms with van der Waals surface area (Å²) in [7, 11) is 1.26. The number of amides is 1. The van der Waals surface area contributed by atoms with Gasteiger partial charge in [0.1, 0.15) is 17.2 Å². The fourth-order valence-electron chi connectivity index (χ4n) is 3.55. The van der Waals surface area contributed by atoms with E-state index in [1.807, 2.05) is 24.3 Å². The van der Waals surface area contributed by atoms with Gasteiger partial charge in [-0.15, -0.1) is 11.3 Å². The summed E-state index contributed by atoms with van der Waals surface area (Å²) in [5.74, 6) is -0.641. The van der Waals surface area contributed by atoms with Gasteiger partial charge in [-0.2, -0.15) is 0 Å². The normalized spacial score (nSPS) is 15.6. The Morgan fingerprint density at radius 2 is 2.03 bits per heavy atom. The number of esters is 1. The van der Waals surface area contributed by atoms with E-state index in [-0.39, 0.29) is 5.91 Å². The summed E-state index contributed by atoms with van der Waals surface area (Å²) in [5.41, 5.74) is 1.40. The standard InChI is InChI=1S/C24H23ClN2O4S/c1-31-21(29)12-11-20(28)27(14-15-9-10-15)22(23(30)16-5-4-6-17(25)13-16)24-26-18-7-2-3-8-19(18)32-24/h2-8,11-13,15,22-23,30H,9-10,14H2,1H3/t22-,23+/m1/s1. The van der Waals surface area contributed by atoms with Gasteiger partial charge in [-0.25, -0.2) is 9.78 Å². The molecule has 1 aliphatic carbocycles. The van der Waals surface area contributed by atoms with Crippen molar-refractivity contribution in [3.05, 3.63) is 76.3 Å². The van der Waals surface area contributed by atoms with Gasteiger partial charge in [-0.3, -0.25) is 4.79 Å². The Bertz CT molecular complexity index is 1120. The van der Waals surface area contributed by atoms with Gasteiger partial charge in [0.25, 0.3) is 0 Å². The van der Waals surface area contributed by atoms with Crippen LogP contribution in [0.1, 0.15) is 35.6 Å². The van der Waals surface area contributed by atoms with Crippen LogP contribution < -0.4 is 0 Å². The van der Waals surface area contributed by atoms with E-state index in [1.165, 1.54) is 24.5 Å². The number of thiazole rings is 1. The van der Waals surface area contributed by atoms with Crippen LogP contribution in [0.5, 0.6) is 0 Å². The molecule has 3 aromatic rings. The molecule has 0 spiro atoms. The molecule has 4 rings (SSSR count). The highest BCUT2D eigenvalue weighted by Gasteiger charge is 2.37. The molecule has 2 atom stereocenters. The van der Waals surface area contributed by atoms with Crippen molar-refractivity contribution in [2.24, 2.45) is 5.92 Å². The van der Waals surface area contributed by atoms with Crippen molar-refractivity contribution in [1.29, 1.82) is 0 Å². The number of benzene rings is 2. The van der Waals surface area contributed by atoms with Gasteiger partial charge < -0.3 is 14.7 Å². The number of aromatic nitrogens is 1. The number of carbonyl (C=O) groups excluding carboxylic acids is 2. The number of para-hydroxylation sites is 1. The molecular weight excluding hydrogens is 448 g/mol. The van der Waals surface area contributed by atoms with Crippen molar-refractivity contribution >= 4 is 45.0 Å². The molecule has 1 saturated carbocycles. The summed E-state index contributed by atoms with van der Waals surface area (Å²) in [6.45, 7) is 0.461. The number of fused-ring (bicyclic) bond motifs is 1. The highest BCUT2D eigenvalue weighted by atomic mass is 35.5. The molecule has 6 nitrogen and oxygen atoms in total. The predicted molar refractivity (Wildman–Crippen MR) is 124 cm³/mol. The van der Waals surface area contributed by atoms with Crippen molar-refractivity contribution in [3.8, 4) is 0 Å². The minimum atomic E-state index is -1.05. The maximum atomic E-state index is 13.2. The fourth-order valence-corrected chi connectivity index (χ4v) is 4.86. The van der Waals surface area contributed by atoms with E-state index in [2.05, 4.69) is 4.74 Å². The van der Waals surface area contributed by atoms with Crippen LogP contribution in [-0.4, -0.2) is 40.5 Å². The van der Waals surface area contributed by atoms with Gasteiger partial charge in [-0.1, -0.05) is 35.9 Å². The first kappa shape index (κ1) is 22.5. The number of hydrogen-bond acceptors (Lipinski definition) is 6. The van der Waals surface area contributed by atoms with E-state index >= 15 is 0 Å². The molecule has 166 valence electrons. The average Bonchev–Trinajstić information content (AvgIpc) is 3.52. The van der Waals surface area contributed by atoms with Crippen molar-refractivity contribution in [2.75, 3.05) is 13.7 Å². The van der Waals surface area contributed by atoms with Gasteiger partial charge in [0.05, 0.1) is 17.3 Å². The van der Waals surface area contributed by atoms with Crippen LogP contribution in [0, 0.1) is 5.92 Å². The third-order valence-electron chi connectivity index (χ3n) is 5.39. The van der Waals surface area contributed by atoms with E-state index in [1.54, 1.807) is 29.2 Å². The fraction of sp³-hybridized carbons (Fsp3) is 0.292. The Morgan fingerprint density at radius 3 is 2.72 bits per heavy atom. The van der Waals surface area contributed by atoms with Gasteiger partial charge >= 0.3 is 5.97 Å². The molecule has 1 heterocycles. The van der Waals surface area contributed by atoms with Gasteiger partial charge in [0.15, 0.2) is 0 Å². The second-order valence-electron chi connectivity index (χ2n) is 7.75. The predicted octanol–water partition coefficient (Wildman–Crippen LogP) is 4.69. The Kier molecular flexibility index (Phi) is 6.89. The minimum absolute atomic E-state index is 0.355. The molecule has 8 heteroatoms. The third kappa shape index (κ3) is 5.18. The van der Waals surface area contributed by atoms with E-state index < -0.39 is 18.1 Å². The van der Waals surface area contributed by atoms with Crippen LogP contribution in [0.15, 0.2) is 60.7 Å². The zero-order chi connectivity index (χ0) is 22.7. The van der Waals surface area contributed by atoms with Crippen LogP contribution >= 0.6 is 22.9 Å². The molecule has 1 amide bonds. The summed E-state index contributed by atoms with van der Waals surface area (Å²) in [6, 6.07) is 13.9. The van der Waals surface area contributed by atoms with E-state index in [0.717, 1.165) is 29.1 Å². The lowest BCUT2D eigenvalue weighted by Gasteiger charge is -2.33. The lowest BCUT2D eigenvalue weighted by Crippen LogP contribution is -2.38. The number of hydrogen-bond donors (Lipinski definition) is 1. The van der Waals surface area contributed by atoms with Crippen LogP contribution in [0.3, 0.4) is 0 Å². The molecule has 1 aromatic heterocycles. The second kappa shape index (κ2) is 9.81. The summed E-state index contributed by atoms with van der Waals surface area (Å²) < 4.78 is 5.59. The number of rotatable bonds is 8. The van der Waals surface area contributed by atoms with E-state index in [9.17, 15) is 14.7 Å².